The average Bonchev–Trinajstić information content (AvgIpc) is 3.15. The van der Waals surface area contributed by atoms with Gasteiger partial charge >= 0.3 is 5.69 Å². The van der Waals surface area contributed by atoms with E-state index in [0.717, 1.165) is 25.0 Å². The highest BCUT2D eigenvalue weighted by Crippen LogP contribution is 2.29. The lowest BCUT2D eigenvalue weighted by atomic mass is 10.2. The smallest absolute Gasteiger partial charge is 0.306 e. The van der Waals surface area contributed by atoms with Gasteiger partial charge in [0.15, 0.2) is 0 Å². The molecule has 0 bridgehead atoms. The lowest BCUT2D eigenvalue weighted by Gasteiger charge is -2.17. The number of carbonyl (C=O) groups excluding carboxylic acids is 1. The van der Waals surface area contributed by atoms with Crippen molar-refractivity contribution in [2.45, 2.75) is 31.3 Å². The minimum atomic E-state index is -0.891. The third-order valence-corrected chi connectivity index (χ3v) is 3.66. The van der Waals surface area contributed by atoms with Gasteiger partial charge in [0.2, 0.25) is 11.7 Å². The zero-order valence-electron chi connectivity index (χ0n) is 10.7. The first-order valence-electron chi connectivity index (χ1n) is 6.57. The van der Waals surface area contributed by atoms with Crippen molar-refractivity contribution >= 4 is 17.3 Å². The number of rotatable bonds is 4. The Morgan fingerprint density at radius 2 is 2.10 bits per heavy atom. The highest BCUT2D eigenvalue weighted by molar-refractivity contribution is 5.99. The van der Waals surface area contributed by atoms with Crippen molar-refractivity contribution in [1.82, 2.24) is 5.32 Å². The largest absolute Gasteiger partial charge is 0.311 e. The first-order valence-corrected chi connectivity index (χ1v) is 6.57. The SMILES string of the molecule is O=C1C(NC2CC2)CCN1c1ccc(F)c([N+](=O)[O-])c1. The van der Waals surface area contributed by atoms with Gasteiger partial charge in [0.1, 0.15) is 0 Å². The number of carbonyl (C=O) groups is 1. The lowest BCUT2D eigenvalue weighted by Crippen LogP contribution is -2.39. The van der Waals surface area contributed by atoms with Crippen LogP contribution in [-0.4, -0.2) is 29.5 Å². The Morgan fingerprint density at radius 3 is 2.75 bits per heavy atom. The van der Waals surface area contributed by atoms with Crippen LogP contribution in [0, 0.1) is 15.9 Å². The zero-order valence-corrected chi connectivity index (χ0v) is 10.7. The Labute approximate surface area is 114 Å². The molecule has 1 aliphatic heterocycles. The van der Waals surface area contributed by atoms with E-state index in [-0.39, 0.29) is 11.9 Å². The van der Waals surface area contributed by atoms with Gasteiger partial charge in [0.25, 0.3) is 0 Å². The molecule has 1 N–H and O–H groups in total. The van der Waals surface area contributed by atoms with Crippen LogP contribution >= 0.6 is 0 Å². The van der Waals surface area contributed by atoms with Crippen LogP contribution in [0.2, 0.25) is 0 Å². The molecule has 1 saturated heterocycles. The number of amides is 1. The van der Waals surface area contributed by atoms with Gasteiger partial charge in [-0.15, -0.1) is 0 Å². The predicted octanol–water partition coefficient (Wildman–Crippen LogP) is 1.59. The van der Waals surface area contributed by atoms with Crippen LogP contribution in [-0.2, 0) is 4.79 Å². The number of halogens is 1. The van der Waals surface area contributed by atoms with Gasteiger partial charge in [0.05, 0.1) is 16.7 Å². The Bertz CT molecular complexity index is 574. The summed E-state index contributed by atoms with van der Waals surface area (Å²) in [5, 5.41) is 14.0. The fraction of sp³-hybridized carbons (Fsp3) is 0.462. The van der Waals surface area contributed by atoms with Crippen molar-refractivity contribution in [3.8, 4) is 0 Å². The molecule has 1 heterocycles. The van der Waals surface area contributed by atoms with Crippen molar-refractivity contribution in [2.24, 2.45) is 0 Å². The molecule has 7 heteroatoms. The van der Waals surface area contributed by atoms with E-state index in [1.807, 2.05) is 0 Å². The first kappa shape index (κ1) is 13.0. The summed E-state index contributed by atoms with van der Waals surface area (Å²) in [6.07, 6.45) is 2.85. The van der Waals surface area contributed by atoms with E-state index < -0.39 is 16.4 Å². The highest BCUT2D eigenvalue weighted by Gasteiger charge is 2.36. The van der Waals surface area contributed by atoms with Crippen molar-refractivity contribution < 1.29 is 14.1 Å². The summed E-state index contributed by atoms with van der Waals surface area (Å²) < 4.78 is 13.3. The standard InChI is InChI=1S/C13H14FN3O3/c14-10-4-3-9(7-12(10)17(19)20)16-6-5-11(13(16)18)15-8-1-2-8/h3-4,7-8,11,15H,1-2,5-6H2. The minimum Gasteiger partial charge on any atom is -0.311 e. The summed E-state index contributed by atoms with van der Waals surface area (Å²) in [4.78, 5) is 23.7. The molecule has 2 aliphatic rings. The van der Waals surface area contributed by atoms with E-state index in [4.69, 9.17) is 0 Å². The Hall–Kier alpha value is -2.02. The van der Waals surface area contributed by atoms with Gasteiger partial charge in [-0.05, 0) is 31.4 Å². The van der Waals surface area contributed by atoms with Crippen LogP contribution in [0.15, 0.2) is 18.2 Å². The number of nitrogens with zero attached hydrogens (tertiary/aromatic N) is 2. The summed E-state index contributed by atoms with van der Waals surface area (Å²) >= 11 is 0. The molecular weight excluding hydrogens is 265 g/mol. The molecule has 1 aromatic rings. The molecular formula is C13H14FN3O3. The van der Waals surface area contributed by atoms with E-state index >= 15 is 0 Å². The summed E-state index contributed by atoms with van der Waals surface area (Å²) in [7, 11) is 0. The molecule has 1 amide bonds. The number of benzene rings is 1. The quantitative estimate of drug-likeness (QED) is 0.671. The Kier molecular flexibility index (Phi) is 3.13. The lowest BCUT2D eigenvalue weighted by molar-refractivity contribution is -0.387. The topological polar surface area (TPSA) is 75.5 Å². The number of anilines is 1. The number of hydrogen-bond donors (Lipinski definition) is 1. The van der Waals surface area contributed by atoms with E-state index in [1.54, 1.807) is 0 Å². The van der Waals surface area contributed by atoms with Gasteiger partial charge in [0, 0.05) is 18.7 Å². The van der Waals surface area contributed by atoms with Gasteiger partial charge in [-0.1, -0.05) is 0 Å². The zero-order chi connectivity index (χ0) is 14.3. The molecule has 20 heavy (non-hydrogen) atoms. The average molecular weight is 279 g/mol. The molecule has 6 nitrogen and oxygen atoms in total. The molecule has 0 spiro atoms. The summed E-state index contributed by atoms with van der Waals surface area (Å²) in [6.45, 7) is 0.492. The summed E-state index contributed by atoms with van der Waals surface area (Å²) in [5.74, 6) is -0.990. The third kappa shape index (κ3) is 2.36. The van der Waals surface area contributed by atoms with Gasteiger partial charge in [-0.2, -0.15) is 4.39 Å². The van der Waals surface area contributed by atoms with Crippen LogP contribution in [0.25, 0.3) is 0 Å². The number of nitrogens with one attached hydrogen (secondary N) is 1. The molecule has 1 unspecified atom stereocenters. The van der Waals surface area contributed by atoms with Gasteiger partial charge < -0.3 is 10.2 Å². The van der Waals surface area contributed by atoms with Crippen LogP contribution < -0.4 is 10.2 Å². The second kappa shape index (κ2) is 4.82. The number of hydrogen-bond acceptors (Lipinski definition) is 4. The van der Waals surface area contributed by atoms with Crippen LogP contribution in [0.3, 0.4) is 0 Å². The third-order valence-electron chi connectivity index (χ3n) is 3.66. The second-order valence-electron chi connectivity index (χ2n) is 5.16. The molecule has 1 atom stereocenters. The normalized spacial score (nSPS) is 22.4. The summed E-state index contributed by atoms with van der Waals surface area (Å²) in [5.41, 5.74) is -0.225. The van der Waals surface area contributed by atoms with Crippen LogP contribution in [0.1, 0.15) is 19.3 Å². The number of nitro groups is 1. The van der Waals surface area contributed by atoms with Crippen LogP contribution in [0.4, 0.5) is 15.8 Å². The predicted molar refractivity (Wildman–Crippen MR) is 70.0 cm³/mol. The van der Waals surface area contributed by atoms with Crippen molar-refractivity contribution in [3.63, 3.8) is 0 Å². The van der Waals surface area contributed by atoms with Gasteiger partial charge in [-0.25, -0.2) is 0 Å². The van der Waals surface area contributed by atoms with E-state index in [2.05, 4.69) is 5.32 Å². The maximum atomic E-state index is 13.3. The molecule has 1 aliphatic carbocycles. The highest BCUT2D eigenvalue weighted by atomic mass is 19.1. The van der Waals surface area contributed by atoms with Gasteiger partial charge in [-0.3, -0.25) is 14.9 Å². The molecule has 3 rings (SSSR count). The fourth-order valence-electron chi connectivity index (χ4n) is 2.43. The number of nitro benzene ring substituents is 1. The molecule has 0 aromatic heterocycles. The van der Waals surface area contributed by atoms with E-state index in [9.17, 15) is 19.3 Å². The molecule has 2 fully saturated rings. The van der Waals surface area contributed by atoms with E-state index in [0.29, 0.717) is 24.7 Å². The fourth-order valence-corrected chi connectivity index (χ4v) is 2.43. The summed E-state index contributed by atoms with van der Waals surface area (Å²) in [6, 6.07) is 3.74. The van der Waals surface area contributed by atoms with Crippen LogP contribution in [0.5, 0.6) is 0 Å². The maximum Gasteiger partial charge on any atom is 0.306 e. The van der Waals surface area contributed by atoms with Crippen molar-refractivity contribution in [3.05, 3.63) is 34.1 Å². The monoisotopic (exact) mass is 279 g/mol. The minimum absolute atomic E-state index is 0.0993. The Balaban J connectivity index is 1.80. The van der Waals surface area contributed by atoms with Crippen molar-refractivity contribution in [1.29, 1.82) is 0 Å². The maximum absolute atomic E-state index is 13.3. The van der Waals surface area contributed by atoms with E-state index in [1.165, 1.54) is 11.0 Å². The van der Waals surface area contributed by atoms with Crippen molar-refractivity contribution in [2.75, 3.05) is 11.4 Å². The molecule has 106 valence electrons. The molecule has 1 saturated carbocycles. The second-order valence-corrected chi connectivity index (χ2v) is 5.16. The Morgan fingerprint density at radius 1 is 1.35 bits per heavy atom. The molecule has 1 aromatic carbocycles. The molecule has 0 radical (unpaired) electrons. The first-order chi connectivity index (χ1) is 9.56.